The third-order valence-electron chi connectivity index (χ3n) is 4.97. The van der Waals surface area contributed by atoms with Crippen molar-refractivity contribution in [2.75, 3.05) is 12.9 Å². The second-order valence-corrected chi connectivity index (χ2v) is 9.43. The van der Waals surface area contributed by atoms with E-state index in [0.29, 0.717) is 44.6 Å². The predicted octanol–water partition coefficient (Wildman–Crippen LogP) is 6.45. The molecule has 6 nitrogen and oxygen atoms in total. The lowest BCUT2D eigenvalue weighted by molar-refractivity contribution is -0.118. The SMILES string of the molecule is COc1ccccc1CNC(=O)CSc1nnc(-c2ccc(Cl)cc2Cl)n1-c1ccc(F)c(Cl)c1. The molecule has 0 aliphatic heterocycles. The minimum absolute atomic E-state index is 0.0603. The van der Waals surface area contributed by atoms with Gasteiger partial charge in [-0.25, -0.2) is 4.39 Å². The summed E-state index contributed by atoms with van der Waals surface area (Å²) in [5.41, 5.74) is 1.94. The number of hydrogen-bond donors (Lipinski definition) is 1. The highest BCUT2D eigenvalue weighted by Crippen LogP contribution is 2.34. The largest absolute Gasteiger partial charge is 0.496 e. The zero-order chi connectivity index (χ0) is 24.9. The summed E-state index contributed by atoms with van der Waals surface area (Å²) in [6.07, 6.45) is 0. The van der Waals surface area contributed by atoms with Gasteiger partial charge >= 0.3 is 0 Å². The molecular weight excluding hydrogens is 534 g/mol. The molecule has 0 aliphatic carbocycles. The summed E-state index contributed by atoms with van der Waals surface area (Å²) in [4.78, 5) is 12.6. The van der Waals surface area contributed by atoms with Gasteiger partial charge in [-0.15, -0.1) is 10.2 Å². The third kappa shape index (κ3) is 5.90. The molecule has 0 aliphatic rings. The summed E-state index contributed by atoms with van der Waals surface area (Å²) >= 11 is 19.6. The molecular formula is C24H18Cl3FN4O2S. The van der Waals surface area contributed by atoms with E-state index in [4.69, 9.17) is 39.5 Å². The molecule has 0 atom stereocenters. The van der Waals surface area contributed by atoms with E-state index in [9.17, 15) is 9.18 Å². The van der Waals surface area contributed by atoms with E-state index in [1.165, 1.54) is 23.9 Å². The van der Waals surface area contributed by atoms with E-state index in [2.05, 4.69) is 15.5 Å². The molecule has 1 amide bonds. The first-order valence-corrected chi connectivity index (χ1v) is 12.4. The predicted molar refractivity (Wildman–Crippen MR) is 137 cm³/mol. The minimum Gasteiger partial charge on any atom is -0.496 e. The van der Waals surface area contributed by atoms with Gasteiger partial charge in [0.25, 0.3) is 0 Å². The summed E-state index contributed by atoms with van der Waals surface area (Å²) in [6.45, 7) is 0.315. The van der Waals surface area contributed by atoms with E-state index < -0.39 is 5.82 Å². The Labute approximate surface area is 220 Å². The van der Waals surface area contributed by atoms with Gasteiger partial charge < -0.3 is 10.1 Å². The highest BCUT2D eigenvalue weighted by molar-refractivity contribution is 7.99. The second-order valence-electron chi connectivity index (χ2n) is 7.24. The van der Waals surface area contributed by atoms with Gasteiger partial charge in [0.2, 0.25) is 5.91 Å². The van der Waals surface area contributed by atoms with Crippen LogP contribution in [-0.4, -0.2) is 33.5 Å². The number of ether oxygens (including phenoxy) is 1. The molecule has 1 aromatic heterocycles. The Balaban J connectivity index is 1.59. The summed E-state index contributed by atoms with van der Waals surface area (Å²) in [5, 5.41) is 12.6. The van der Waals surface area contributed by atoms with Crippen LogP contribution in [0.4, 0.5) is 4.39 Å². The van der Waals surface area contributed by atoms with Crippen molar-refractivity contribution in [3.05, 3.63) is 87.1 Å². The molecule has 1 heterocycles. The van der Waals surface area contributed by atoms with E-state index in [-0.39, 0.29) is 16.7 Å². The molecule has 0 spiro atoms. The number of carbonyl (C=O) groups excluding carboxylic acids is 1. The first-order valence-electron chi connectivity index (χ1n) is 10.2. The lowest BCUT2D eigenvalue weighted by atomic mass is 10.2. The monoisotopic (exact) mass is 550 g/mol. The Morgan fingerprint density at radius 2 is 1.86 bits per heavy atom. The number of hydrogen-bond acceptors (Lipinski definition) is 5. The number of thioether (sulfide) groups is 1. The maximum Gasteiger partial charge on any atom is 0.230 e. The molecule has 3 aromatic carbocycles. The summed E-state index contributed by atoms with van der Waals surface area (Å²) in [5.74, 6) is 0.388. The number of methoxy groups -OCH3 is 1. The summed E-state index contributed by atoms with van der Waals surface area (Å²) in [7, 11) is 1.58. The van der Waals surface area contributed by atoms with Crippen LogP contribution in [0.1, 0.15) is 5.56 Å². The number of aromatic nitrogens is 3. The van der Waals surface area contributed by atoms with Crippen molar-refractivity contribution < 1.29 is 13.9 Å². The minimum atomic E-state index is -0.556. The van der Waals surface area contributed by atoms with E-state index >= 15 is 0 Å². The van der Waals surface area contributed by atoms with Gasteiger partial charge in [0.15, 0.2) is 11.0 Å². The second kappa shape index (κ2) is 11.3. The molecule has 0 bridgehead atoms. The molecule has 180 valence electrons. The third-order valence-corrected chi connectivity index (χ3v) is 6.73. The Morgan fingerprint density at radius 1 is 1.06 bits per heavy atom. The zero-order valence-electron chi connectivity index (χ0n) is 18.3. The van der Waals surface area contributed by atoms with Gasteiger partial charge in [0.05, 0.1) is 28.6 Å². The maximum atomic E-state index is 13.8. The van der Waals surface area contributed by atoms with E-state index in [1.807, 2.05) is 24.3 Å². The molecule has 4 aromatic rings. The first-order chi connectivity index (χ1) is 16.9. The van der Waals surface area contributed by atoms with Crippen molar-refractivity contribution in [1.29, 1.82) is 0 Å². The van der Waals surface area contributed by atoms with Crippen molar-refractivity contribution >= 4 is 52.5 Å². The average molecular weight is 552 g/mol. The van der Waals surface area contributed by atoms with Crippen molar-refractivity contribution in [2.45, 2.75) is 11.7 Å². The smallest absolute Gasteiger partial charge is 0.230 e. The lowest BCUT2D eigenvalue weighted by Crippen LogP contribution is -2.25. The van der Waals surface area contributed by atoms with Crippen molar-refractivity contribution in [2.24, 2.45) is 0 Å². The van der Waals surface area contributed by atoms with Gasteiger partial charge in [-0.1, -0.05) is 64.8 Å². The van der Waals surface area contributed by atoms with Crippen LogP contribution in [0.25, 0.3) is 17.1 Å². The molecule has 0 saturated carbocycles. The molecule has 0 saturated heterocycles. The highest BCUT2D eigenvalue weighted by Gasteiger charge is 2.20. The molecule has 35 heavy (non-hydrogen) atoms. The number of carbonyl (C=O) groups is 1. The van der Waals surface area contributed by atoms with Crippen molar-refractivity contribution in [3.63, 3.8) is 0 Å². The van der Waals surface area contributed by atoms with Crippen LogP contribution in [0.3, 0.4) is 0 Å². The Bertz CT molecular complexity index is 1380. The van der Waals surface area contributed by atoms with Crippen LogP contribution >= 0.6 is 46.6 Å². The maximum absolute atomic E-state index is 13.8. The van der Waals surface area contributed by atoms with Crippen LogP contribution in [-0.2, 0) is 11.3 Å². The number of nitrogens with zero attached hydrogens (tertiary/aromatic N) is 3. The highest BCUT2D eigenvalue weighted by atomic mass is 35.5. The van der Waals surface area contributed by atoms with Crippen LogP contribution in [0.2, 0.25) is 15.1 Å². The quantitative estimate of drug-likeness (QED) is 0.255. The van der Waals surface area contributed by atoms with Crippen LogP contribution in [0.15, 0.2) is 65.8 Å². The lowest BCUT2D eigenvalue weighted by Gasteiger charge is -2.12. The normalized spacial score (nSPS) is 10.9. The molecule has 0 fully saturated rings. The molecule has 11 heteroatoms. The van der Waals surface area contributed by atoms with Crippen LogP contribution in [0, 0.1) is 5.82 Å². The standard InChI is InChI=1S/C24H18Cl3FN4O2S/c1-34-21-5-3-2-4-14(21)12-29-22(33)13-35-24-31-30-23(17-8-6-15(25)10-18(17)26)32(24)16-7-9-20(28)19(27)11-16/h2-11H,12-13H2,1H3,(H,29,33). The molecule has 1 N–H and O–H groups in total. The molecule has 4 rings (SSSR count). The van der Waals surface area contributed by atoms with Gasteiger partial charge in [-0.3, -0.25) is 9.36 Å². The number of amides is 1. The van der Waals surface area contributed by atoms with Gasteiger partial charge in [-0.05, 0) is 42.5 Å². The number of rotatable bonds is 8. The van der Waals surface area contributed by atoms with Crippen molar-refractivity contribution in [1.82, 2.24) is 20.1 Å². The summed E-state index contributed by atoms with van der Waals surface area (Å²) < 4.78 is 20.8. The van der Waals surface area contributed by atoms with E-state index in [0.717, 1.165) is 5.56 Å². The fourth-order valence-electron chi connectivity index (χ4n) is 3.29. The average Bonchev–Trinajstić information content (AvgIpc) is 3.27. The summed E-state index contributed by atoms with van der Waals surface area (Å²) in [6, 6.07) is 16.7. The van der Waals surface area contributed by atoms with Gasteiger partial charge in [-0.2, -0.15) is 0 Å². The first kappa shape index (κ1) is 25.3. The topological polar surface area (TPSA) is 69.0 Å². The molecule has 0 unspecified atom stereocenters. The number of benzene rings is 3. The number of halogens is 4. The van der Waals surface area contributed by atoms with Crippen LogP contribution in [0.5, 0.6) is 5.75 Å². The Morgan fingerprint density at radius 3 is 2.60 bits per heavy atom. The number of nitrogens with one attached hydrogen (secondary N) is 1. The Kier molecular flexibility index (Phi) is 8.18. The van der Waals surface area contributed by atoms with Crippen LogP contribution < -0.4 is 10.1 Å². The van der Waals surface area contributed by atoms with Gasteiger partial charge in [0.1, 0.15) is 11.6 Å². The fourth-order valence-corrected chi connectivity index (χ4v) is 4.74. The van der Waals surface area contributed by atoms with E-state index in [1.54, 1.807) is 35.9 Å². The van der Waals surface area contributed by atoms with Gasteiger partial charge in [0, 0.05) is 22.7 Å². The van der Waals surface area contributed by atoms with Crippen molar-refractivity contribution in [3.8, 4) is 22.8 Å². The number of para-hydroxylation sites is 1. The zero-order valence-corrected chi connectivity index (χ0v) is 21.4. The Hall–Kier alpha value is -2.78. The fraction of sp³-hybridized carbons (Fsp3) is 0.125. The molecule has 0 radical (unpaired) electrons.